The number of aromatic nitrogens is 1. The van der Waals surface area contributed by atoms with Crippen molar-refractivity contribution in [3.8, 4) is 0 Å². The van der Waals surface area contributed by atoms with Crippen LogP contribution < -0.4 is 10.6 Å². The predicted molar refractivity (Wildman–Crippen MR) is 121 cm³/mol. The van der Waals surface area contributed by atoms with Gasteiger partial charge in [0.15, 0.2) is 15.0 Å². The van der Waals surface area contributed by atoms with Gasteiger partial charge in [-0.1, -0.05) is 23.5 Å². The summed E-state index contributed by atoms with van der Waals surface area (Å²) in [6.07, 6.45) is 0.842. The SMILES string of the molecule is CC(C)NC(=O)Nc1nc2c(s1)CN(C(=O)Cc1ccc(S(=O)(=O)C(C)C)cc1)CC2. The van der Waals surface area contributed by atoms with Crippen molar-refractivity contribution in [3.05, 3.63) is 40.4 Å². The number of sulfone groups is 1. The van der Waals surface area contributed by atoms with Crippen LogP contribution in [0.5, 0.6) is 0 Å². The van der Waals surface area contributed by atoms with Crippen LogP contribution in [0.15, 0.2) is 29.2 Å². The Hall–Kier alpha value is -2.46. The summed E-state index contributed by atoms with van der Waals surface area (Å²) in [5.41, 5.74) is 1.69. The quantitative estimate of drug-likeness (QED) is 0.683. The van der Waals surface area contributed by atoms with E-state index in [1.165, 1.54) is 11.3 Å². The second-order valence-electron chi connectivity index (χ2n) is 8.12. The van der Waals surface area contributed by atoms with E-state index in [-0.39, 0.29) is 29.3 Å². The minimum Gasteiger partial charge on any atom is -0.337 e. The lowest BCUT2D eigenvalue weighted by Crippen LogP contribution is -2.36. The Morgan fingerprint density at radius 2 is 1.84 bits per heavy atom. The standard InChI is InChI=1S/C21H28N4O4S2/c1-13(2)22-20(27)24-21-23-17-9-10-25(12-18(17)30-21)19(26)11-15-5-7-16(8-6-15)31(28,29)14(3)4/h5-8,13-14H,9-12H2,1-4H3,(H2,22,23,24,27). The third kappa shape index (κ3) is 5.62. The highest BCUT2D eigenvalue weighted by molar-refractivity contribution is 7.92. The van der Waals surface area contributed by atoms with Gasteiger partial charge in [0, 0.05) is 23.9 Å². The number of carbonyl (C=O) groups is 2. The largest absolute Gasteiger partial charge is 0.337 e. The topological polar surface area (TPSA) is 108 Å². The van der Waals surface area contributed by atoms with E-state index < -0.39 is 15.1 Å². The Morgan fingerprint density at radius 3 is 2.45 bits per heavy atom. The first-order valence-electron chi connectivity index (χ1n) is 10.2. The normalized spacial score (nSPS) is 13.9. The number of thiazole rings is 1. The number of nitrogens with one attached hydrogen (secondary N) is 2. The first-order chi connectivity index (χ1) is 14.6. The summed E-state index contributed by atoms with van der Waals surface area (Å²) in [6, 6.07) is 6.26. The van der Waals surface area contributed by atoms with Crippen LogP contribution in [0.4, 0.5) is 9.93 Å². The summed E-state index contributed by atoms with van der Waals surface area (Å²) in [6.45, 7) is 8.08. The van der Waals surface area contributed by atoms with Gasteiger partial charge in [-0.05, 0) is 45.4 Å². The molecule has 0 saturated heterocycles. The highest BCUT2D eigenvalue weighted by Crippen LogP contribution is 2.28. The molecule has 0 atom stereocenters. The third-order valence-corrected chi connectivity index (χ3v) is 8.12. The van der Waals surface area contributed by atoms with E-state index in [0.29, 0.717) is 24.6 Å². The molecule has 3 amide bonds. The molecule has 0 spiro atoms. The number of nitrogens with zero attached hydrogens (tertiary/aromatic N) is 2. The Kier molecular flexibility index (Phi) is 7.00. The number of carbonyl (C=O) groups excluding carboxylic acids is 2. The minimum absolute atomic E-state index is 0.0226. The molecule has 0 aliphatic carbocycles. The zero-order valence-corrected chi connectivity index (χ0v) is 19.8. The van der Waals surface area contributed by atoms with Gasteiger partial charge >= 0.3 is 6.03 Å². The van der Waals surface area contributed by atoms with Gasteiger partial charge < -0.3 is 10.2 Å². The second-order valence-corrected chi connectivity index (χ2v) is 11.7. The predicted octanol–water partition coefficient (Wildman–Crippen LogP) is 2.98. The van der Waals surface area contributed by atoms with Crippen LogP contribution in [0.2, 0.25) is 0 Å². The summed E-state index contributed by atoms with van der Waals surface area (Å²) in [5, 5.41) is 5.54. The van der Waals surface area contributed by atoms with E-state index in [1.54, 1.807) is 43.0 Å². The molecule has 10 heteroatoms. The summed E-state index contributed by atoms with van der Waals surface area (Å²) in [7, 11) is -3.32. The lowest BCUT2D eigenvalue weighted by Gasteiger charge is -2.26. The monoisotopic (exact) mass is 464 g/mol. The Morgan fingerprint density at radius 1 is 1.16 bits per heavy atom. The van der Waals surface area contributed by atoms with Crippen molar-refractivity contribution in [1.29, 1.82) is 0 Å². The summed E-state index contributed by atoms with van der Waals surface area (Å²) >= 11 is 1.38. The zero-order chi connectivity index (χ0) is 22.8. The van der Waals surface area contributed by atoms with Gasteiger partial charge in [-0.15, -0.1) is 0 Å². The Bertz CT molecular complexity index is 1060. The van der Waals surface area contributed by atoms with E-state index in [0.717, 1.165) is 16.1 Å². The average molecular weight is 465 g/mol. The van der Waals surface area contributed by atoms with E-state index in [1.807, 2.05) is 13.8 Å². The van der Waals surface area contributed by atoms with Crippen LogP contribution in [0.3, 0.4) is 0 Å². The van der Waals surface area contributed by atoms with Gasteiger partial charge in [0.2, 0.25) is 5.91 Å². The fraction of sp³-hybridized carbons (Fsp3) is 0.476. The van der Waals surface area contributed by atoms with Gasteiger partial charge in [0.05, 0.1) is 28.8 Å². The molecule has 0 unspecified atom stereocenters. The fourth-order valence-electron chi connectivity index (χ4n) is 3.21. The summed E-state index contributed by atoms with van der Waals surface area (Å²) in [4.78, 5) is 32.2. The maximum atomic E-state index is 12.8. The molecule has 8 nitrogen and oxygen atoms in total. The molecule has 1 aromatic carbocycles. The van der Waals surface area contributed by atoms with Crippen molar-refractivity contribution in [2.24, 2.45) is 0 Å². The first-order valence-corrected chi connectivity index (χ1v) is 12.6. The van der Waals surface area contributed by atoms with Gasteiger partial charge in [-0.2, -0.15) is 0 Å². The average Bonchev–Trinajstić information content (AvgIpc) is 3.08. The molecule has 31 heavy (non-hydrogen) atoms. The van der Waals surface area contributed by atoms with E-state index in [9.17, 15) is 18.0 Å². The van der Waals surface area contributed by atoms with Crippen LogP contribution in [-0.4, -0.2) is 48.1 Å². The van der Waals surface area contributed by atoms with Gasteiger partial charge in [-0.25, -0.2) is 18.2 Å². The molecule has 1 aliphatic heterocycles. The van der Waals surface area contributed by atoms with E-state index >= 15 is 0 Å². The highest BCUT2D eigenvalue weighted by Gasteiger charge is 2.25. The number of urea groups is 1. The molecule has 2 aromatic rings. The van der Waals surface area contributed by atoms with Crippen molar-refractivity contribution >= 4 is 38.2 Å². The molecule has 1 aliphatic rings. The molecule has 3 rings (SSSR count). The van der Waals surface area contributed by atoms with Gasteiger partial charge in [0.25, 0.3) is 0 Å². The van der Waals surface area contributed by atoms with Crippen molar-refractivity contribution in [1.82, 2.24) is 15.2 Å². The van der Waals surface area contributed by atoms with Crippen LogP contribution in [-0.2, 0) is 34.0 Å². The summed E-state index contributed by atoms with van der Waals surface area (Å²) < 4.78 is 24.5. The third-order valence-electron chi connectivity index (χ3n) is 4.95. The smallest absolute Gasteiger partial charge is 0.321 e. The first kappa shape index (κ1) is 23.2. The van der Waals surface area contributed by atoms with Crippen LogP contribution in [0.25, 0.3) is 0 Å². The van der Waals surface area contributed by atoms with E-state index in [2.05, 4.69) is 15.6 Å². The molecule has 168 valence electrons. The van der Waals surface area contributed by atoms with Gasteiger partial charge in [0.1, 0.15) is 0 Å². The Balaban J connectivity index is 1.61. The molecule has 2 N–H and O–H groups in total. The van der Waals surface area contributed by atoms with E-state index in [4.69, 9.17) is 0 Å². The second kappa shape index (κ2) is 9.35. The molecule has 1 aromatic heterocycles. The summed E-state index contributed by atoms with van der Waals surface area (Å²) in [5.74, 6) is -0.0226. The molecular formula is C21H28N4O4S2. The maximum absolute atomic E-state index is 12.8. The van der Waals surface area contributed by atoms with Crippen molar-refractivity contribution in [3.63, 3.8) is 0 Å². The Labute approximate surface area is 187 Å². The zero-order valence-electron chi connectivity index (χ0n) is 18.1. The molecular weight excluding hydrogens is 436 g/mol. The van der Waals surface area contributed by atoms with Crippen molar-refractivity contribution in [2.45, 2.75) is 63.3 Å². The molecule has 0 saturated carbocycles. The van der Waals surface area contributed by atoms with Crippen LogP contribution >= 0.6 is 11.3 Å². The van der Waals surface area contributed by atoms with Crippen molar-refractivity contribution < 1.29 is 18.0 Å². The molecule has 0 radical (unpaired) electrons. The molecule has 0 fully saturated rings. The lowest BCUT2D eigenvalue weighted by molar-refractivity contribution is -0.131. The number of fused-ring (bicyclic) bond motifs is 1. The fourth-order valence-corrected chi connectivity index (χ4v) is 5.29. The number of benzene rings is 1. The number of rotatable bonds is 6. The highest BCUT2D eigenvalue weighted by atomic mass is 32.2. The number of amides is 3. The van der Waals surface area contributed by atoms with Crippen LogP contribution in [0, 0.1) is 0 Å². The van der Waals surface area contributed by atoms with Crippen molar-refractivity contribution in [2.75, 3.05) is 11.9 Å². The maximum Gasteiger partial charge on any atom is 0.321 e. The van der Waals surface area contributed by atoms with Gasteiger partial charge in [-0.3, -0.25) is 10.1 Å². The minimum atomic E-state index is -3.32. The van der Waals surface area contributed by atoms with Crippen LogP contribution in [0.1, 0.15) is 43.8 Å². The lowest BCUT2D eigenvalue weighted by atomic mass is 10.1. The molecule has 2 heterocycles. The number of hydrogen-bond acceptors (Lipinski definition) is 6. The number of anilines is 1. The molecule has 0 bridgehead atoms. The number of hydrogen-bond donors (Lipinski definition) is 2.